The predicted molar refractivity (Wildman–Crippen MR) is 64.7 cm³/mol. The number of rotatable bonds is 6. The number of carbonyl (C=O) groups is 2. The third kappa shape index (κ3) is 4.28. The van der Waals surface area contributed by atoms with Crippen molar-refractivity contribution in [2.75, 3.05) is 20.1 Å². The van der Waals surface area contributed by atoms with Gasteiger partial charge in [-0.05, 0) is 20.0 Å². The van der Waals surface area contributed by atoms with Crippen molar-refractivity contribution in [3.63, 3.8) is 0 Å². The Balaban J connectivity index is 2.16. The van der Waals surface area contributed by atoms with Crippen molar-refractivity contribution in [3.05, 3.63) is 24.0 Å². The molecule has 1 atom stereocenters. The van der Waals surface area contributed by atoms with Crippen molar-refractivity contribution >= 4 is 11.8 Å². The first-order chi connectivity index (χ1) is 8.15. The predicted octanol–water partition coefficient (Wildman–Crippen LogP) is -0.531. The SMILES string of the molecule is CN[C@@H](C)C(=O)NCCNC(=O)c1cc[nH]c1. The van der Waals surface area contributed by atoms with Crippen LogP contribution in [0.1, 0.15) is 17.3 Å². The summed E-state index contributed by atoms with van der Waals surface area (Å²) in [5, 5.41) is 8.25. The molecule has 17 heavy (non-hydrogen) atoms. The maximum absolute atomic E-state index is 11.5. The molecule has 0 fully saturated rings. The Bertz CT molecular complexity index is 362. The molecule has 1 rings (SSSR count). The summed E-state index contributed by atoms with van der Waals surface area (Å²) in [4.78, 5) is 25.6. The molecule has 1 aromatic heterocycles. The molecule has 4 N–H and O–H groups in total. The Morgan fingerprint density at radius 2 is 2.06 bits per heavy atom. The summed E-state index contributed by atoms with van der Waals surface area (Å²) in [6.07, 6.45) is 3.31. The highest BCUT2D eigenvalue weighted by Gasteiger charge is 2.09. The van der Waals surface area contributed by atoms with E-state index in [0.29, 0.717) is 18.7 Å². The Kier molecular flexibility index (Phi) is 5.22. The summed E-state index contributed by atoms with van der Waals surface area (Å²) in [6, 6.07) is 1.46. The summed E-state index contributed by atoms with van der Waals surface area (Å²) < 4.78 is 0. The van der Waals surface area contributed by atoms with E-state index in [1.54, 1.807) is 32.4 Å². The Labute approximate surface area is 100 Å². The minimum Gasteiger partial charge on any atom is -0.367 e. The molecule has 6 heteroatoms. The molecule has 0 aromatic carbocycles. The molecule has 0 aliphatic heterocycles. The molecule has 0 spiro atoms. The first kappa shape index (κ1) is 13.2. The number of hydrogen-bond acceptors (Lipinski definition) is 3. The van der Waals surface area contributed by atoms with E-state index in [-0.39, 0.29) is 17.9 Å². The monoisotopic (exact) mass is 238 g/mol. The van der Waals surface area contributed by atoms with Crippen molar-refractivity contribution in [1.29, 1.82) is 0 Å². The topological polar surface area (TPSA) is 86.0 Å². The molecule has 0 aliphatic carbocycles. The number of nitrogens with one attached hydrogen (secondary N) is 4. The van der Waals surface area contributed by atoms with Crippen molar-refractivity contribution in [1.82, 2.24) is 20.9 Å². The van der Waals surface area contributed by atoms with Crippen LogP contribution in [0.2, 0.25) is 0 Å². The van der Waals surface area contributed by atoms with E-state index in [4.69, 9.17) is 0 Å². The summed E-state index contributed by atoms with van der Waals surface area (Å²) in [6.45, 7) is 2.60. The largest absolute Gasteiger partial charge is 0.367 e. The number of carbonyl (C=O) groups excluding carboxylic acids is 2. The number of amides is 2. The van der Waals surface area contributed by atoms with Gasteiger partial charge in [-0.2, -0.15) is 0 Å². The minimum absolute atomic E-state index is 0.0802. The molecule has 0 unspecified atom stereocenters. The molecule has 1 aromatic rings. The molecule has 6 nitrogen and oxygen atoms in total. The fraction of sp³-hybridized carbons (Fsp3) is 0.455. The smallest absolute Gasteiger partial charge is 0.252 e. The highest BCUT2D eigenvalue weighted by molar-refractivity contribution is 5.93. The van der Waals surface area contributed by atoms with Crippen LogP contribution in [0.4, 0.5) is 0 Å². The third-order valence-electron chi connectivity index (χ3n) is 2.40. The Morgan fingerprint density at radius 1 is 1.35 bits per heavy atom. The second-order valence-corrected chi connectivity index (χ2v) is 3.66. The van der Waals surface area contributed by atoms with Gasteiger partial charge < -0.3 is 20.9 Å². The first-order valence-corrected chi connectivity index (χ1v) is 5.51. The second kappa shape index (κ2) is 6.70. The van der Waals surface area contributed by atoms with Gasteiger partial charge in [0.2, 0.25) is 5.91 Å². The van der Waals surface area contributed by atoms with Crippen LogP contribution in [-0.2, 0) is 4.79 Å². The number of likely N-dealkylation sites (N-methyl/N-ethyl adjacent to an activating group) is 1. The average molecular weight is 238 g/mol. The maximum atomic E-state index is 11.5. The van der Waals surface area contributed by atoms with Crippen LogP contribution in [0, 0.1) is 0 Å². The molecule has 0 bridgehead atoms. The van der Waals surface area contributed by atoms with E-state index in [1.807, 2.05) is 0 Å². The second-order valence-electron chi connectivity index (χ2n) is 3.66. The zero-order valence-electron chi connectivity index (χ0n) is 10.0. The lowest BCUT2D eigenvalue weighted by molar-refractivity contribution is -0.122. The molecule has 0 radical (unpaired) electrons. The molecule has 0 saturated carbocycles. The number of aromatic nitrogens is 1. The van der Waals surface area contributed by atoms with E-state index < -0.39 is 0 Å². The standard InChI is InChI=1S/C11H18N4O2/c1-8(12-2)10(16)14-5-6-15-11(17)9-3-4-13-7-9/h3-4,7-8,12-13H,5-6H2,1-2H3,(H,14,16)(H,15,17)/t8-/m0/s1. The van der Waals surface area contributed by atoms with Gasteiger partial charge in [0.1, 0.15) is 0 Å². The zero-order valence-corrected chi connectivity index (χ0v) is 10.0. The van der Waals surface area contributed by atoms with Crippen LogP contribution < -0.4 is 16.0 Å². The van der Waals surface area contributed by atoms with Crippen LogP contribution in [0.15, 0.2) is 18.5 Å². The summed E-state index contributed by atoms with van der Waals surface area (Å²) in [5.41, 5.74) is 0.583. The summed E-state index contributed by atoms with van der Waals surface area (Å²) >= 11 is 0. The molecule has 94 valence electrons. The van der Waals surface area contributed by atoms with Gasteiger partial charge in [-0.15, -0.1) is 0 Å². The van der Waals surface area contributed by atoms with Crippen molar-refractivity contribution in [2.45, 2.75) is 13.0 Å². The van der Waals surface area contributed by atoms with Gasteiger partial charge >= 0.3 is 0 Å². The van der Waals surface area contributed by atoms with Crippen LogP contribution >= 0.6 is 0 Å². The quantitative estimate of drug-likeness (QED) is 0.502. The molecule has 2 amide bonds. The van der Waals surface area contributed by atoms with E-state index >= 15 is 0 Å². The maximum Gasteiger partial charge on any atom is 0.252 e. The van der Waals surface area contributed by atoms with E-state index in [1.165, 1.54) is 0 Å². The van der Waals surface area contributed by atoms with Gasteiger partial charge in [0, 0.05) is 25.5 Å². The van der Waals surface area contributed by atoms with Gasteiger partial charge in [-0.1, -0.05) is 0 Å². The highest BCUT2D eigenvalue weighted by Crippen LogP contribution is 1.94. The van der Waals surface area contributed by atoms with Crippen molar-refractivity contribution in [2.24, 2.45) is 0 Å². The van der Waals surface area contributed by atoms with Gasteiger partial charge in [0.25, 0.3) is 5.91 Å². The van der Waals surface area contributed by atoms with E-state index in [2.05, 4.69) is 20.9 Å². The summed E-state index contributed by atoms with van der Waals surface area (Å²) in [5.74, 6) is -0.231. The normalized spacial score (nSPS) is 11.9. The van der Waals surface area contributed by atoms with Crippen LogP contribution in [0.25, 0.3) is 0 Å². The molecular weight excluding hydrogens is 220 g/mol. The first-order valence-electron chi connectivity index (χ1n) is 5.51. The van der Waals surface area contributed by atoms with Gasteiger partial charge in [0.15, 0.2) is 0 Å². The fourth-order valence-electron chi connectivity index (χ4n) is 1.21. The zero-order chi connectivity index (χ0) is 12.7. The number of hydrogen-bond donors (Lipinski definition) is 4. The third-order valence-corrected chi connectivity index (χ3v) is 2.40. The summed E-state index contributed by atoms with van der Waals surface area (Å²) in [7, 11) is 1.72. The lowest BCUT2D eigenvalue weighted by atomic mass is 10.3. The van der Waals surface area contributed by atoms with Gasteiger partial charge in [-0.25, -0.2) is 0 Å². The van der Waals surface area contributed by atoms with E-state index in [9.17, 15) is 9.59 Å². The molecule has 1 heterocycles. The van der Waals surface area contributed by atoms with Crippen LogP contribution in [0.3, 0.4) is 0 Å². The van der Waals surface area contributed by atoms with E-state index in [0.717, 1.165) is 0 Å². The van der Waals surface area contributed by atoms with Crippen LogP contribution in [-0.4, -0.2) is 43.0 Å². The average Bonchev–Trinajstić information content (AvgIpc) is 2.86. The lowest BCUT2D eigenvalue weighted by Gasteiger charge is -2.11. The minimum atomic E-state index is -0.227. The van der Waals surface area contributed by atoms with Gasteiger partial charge in [0.05, 0.1) is 11.6 Å². The fourth-order valence-corrected chi connectivity index (χ4v) is 1.21. The van der Waals surface area contributed by atoms with Crippen molar-refractivity contribution < 1.29 is 9.59 Å². The Morgan fingerprint density at radius 3 is 2.65 bits per heavy atom. The Hall–Kier alpha value is -1.82. The van der Waals surface area contributed by atoms with Crippen molar-refractivity contribution in [3.8, 4) is 0 Å². The molecule has 0 aliphatic rings. The highest BCUT2D eigenvalue weighted by atomic mass is 16.2. The number of H-pyrrole nitrogens is 1. The van der Waals surface area contributed by atoms with Crippen LogP contribution in [0.5, 0.6) is 0 Å². The number of aromatic amines is 1. The molecule has 0 saturated heterocycles. The van der Waals surface area contributed by atoms with Gasteiger partial charge in [-0.3, -0.25) is 9.59 Å². The molecular formula is C11H18N4O2. The lowest BCUT2D eigenvalue weighted by Crippen LogP contribution is -2.43.